The van der Waals surface area contributed by atoms with Crippen molar-refractivity contribution in [3.05, 3.63) is 40.1 Å². The Morgan fingerprint density at radius 1 is 1.37 bits per heavy atom. The van der Waals surface area contributed by atoms with Crippen molar-refractivity contribution >= 4 is 11.3 Å². The van der Waals surface area contributed by atoms with Gasteiger partial charge >= 0.3 is 0 Å². The van der Waals surface area contributed by atoms with Gasteiger partial charge in [-0.2, -0.15) is 0 Å². The first kappa shape index (κ1) is 12.9. The Labute approximate surface area is 118 Å². The molecule has 0 saturated heterocycles. The molecule has 3 nitrogen and oxygen atoms in total. The van der Waals surface area contributed by atoms with Crippen LogP contribution < -0.4 is 5.32 Å². The number of nitrogens with one attached hydrogen (secondary N) is 1. The van der Waals surface area contributed by atoms with Crippen molar-refractivity contribution in [3.8, 4) is 0 Å². The summed E-state index contributed by atoms with van der Waals surface area (Å²) in [5, 5.41) is 3.57. The maximum Gasteiger partial charge on any atom is 0.108 e. The lowest BCUT2D eigenvalue weighted by atomic mass is 10.3. The first-order chi connectivity index (χ1) is 9.35. The van der Waals surface area contributed by atoms with Crippen LogP contribution in [0.15, 0.2) is 24.5 Å². The lowest BCUT2D eigenvalue weighted by molar-refractivity contribution is 0.695. The van der Waals surface area contributed by atoms with Crippen LogP contribution >= 0.6 is 11.3 Å². The van der Waals surface area contributed by atoms with Crippen molar-refractivity contribution in [2.24, 2.45) is 0 Å². The normalized spacial score (nSPS) is 15.0. The maximum atomic E-state index is 4.43. The third-order valence-corrected chi connectivity index (χ3v) is 4.53. The molecule has 0 radical (unpaired) electrons. The maximum absolute atomic E-state index is 4.43. The molecule has 0 spiro atoms. The molecule has 0 amide bonds. The summed E-state index contributed by atoms with van der Waals surface area (Å²) in [7, 11) is 0. The molecule has 1 aliphatic carbocycles. The van der Waals surface area contributed by atoms with Crippen LogP contribution in [0.1, 0.15) is 41.8 Å². The van der Waals surface area contributed by atoms with Crippen LogP contribution in [0.3, 0.4) is 0 Å². The highest BCUT2D eigenvalue weighted by molar-refractivity contribution is 7.11. The van der Waals surface area contributed by atoms with Gasteiger partial charge in [0.1, 0.15) is 5.82 Å². The summed E-state index contributed by atoms with van der Waals surface area (Å²) in [6, 6.07) is 5.30. The van der Waals surface area contributed by atoms with Gasteiger partial charge in [-0.15, -0.1) is 11.3 Å². The monoisotopic (exact) mass is 275 g/mol. The van der Waals surface area contributed by atoms with Crippen LogP contribution in [0.4, 0.5) is 0 Å². The fourth-order valence-corrected chi connectivity index (χ4v) is 3.21. The average Bonchev–Trinajstić information content (AvgIpc) is 2.98. The second kappa shape index (κ2) is 5.88. The smallest absolute Gasteiger partial charge is 0.108 e. The molecule has 3 rings (SSSR count). The molecule has 1 fully saturated rings. The lowest BCUT2D eigenvalue weighted by Gasteiger charge is -2.05. The number of hydrogen-bond donors (Lipinski definition) is 1. The van der Waals surface area contributed by atoms with Crippen LogP contribution in [-0.2, 0) is 19.5 Å². The summed E-state index contributed by atoms with van der Waals surface area (Å²) in [4.78, 5) is 7.29. The van der Waals surface area contributed by atoms with Crippen molar-refractivity contribution in [1.29, 1.82) is 0 Å². The summed E-state index contributed by atoms with van der Waals surface area (Å²) in [5.41, 5.74) is 0. The molecule has 1 aliphatic rings. The van der Waals surface area contributed by atoms with Crippen molar-refractivity contribution in [3.63, 3.8) is 0 Å². The summed E-state index contributed by atoms with van der Waals surface area (Å²) in [6.07, 6.45) is 8.93. The first-order valence-electron chi connectivity index (χ1n) is 7.16. The fourth-order valence-electron chi connectivity index (χ4n) is 2.24. The zero-order valence-corrected chi connectivity index (χ0v) is 12.2. The van der Waals surface area contributed by atoms with E-state index >= 15 is 0 Å². The quantitative estimate of drug-likeness (QED) is 0.841. The van der Waals surface area contributed by atoms with E-state index in [-0.39, 0.29) is 0 Å². The van der Waals surface area contributed by atoms with Crippen molar-refractivity contribution in [1.82, 2.24) is 14.9 Å². The second-order valence-electron chi connectivity index (χ2n) is 5.24. The van der Waals surface area contributed by atoms with E-state index in [1.807, 2.05) is 17.5 Å². The summed E-state index contributed by atoms with van der Waals surface area (Å²) < 4.78 is 2.27. The largest absolute Gasteiger partial charge is 0.330 e. The molecule has 1 N–H and O–H groups in total. The molecule has 1 saturated carbocycles. The van der Waals surface area contributed by atoms with Gasteiger partial charge in [0, 0.05) is 41.2 Å². The first-order valence-corrected chi connectivity index (χ1v) is 7.98. The summed E-state index contributed by atoms with van der Waals surface area (Å²) in [5.74, 6) is 1.20. The molecule has 0 unspecified atom stereocenters. The Kier molecular flexibility index (Phi) is 3.99. The third kappa shape index (κ3) is 3.45. The Hall–Kier alpha value is -1.13. The molecule has 2 aromatic heterocycles. The van der Waals surface area contributed by atoms with Crippen LogP contribution in [0.5, 0.6) is 0 Å². The fraction of sp³-hybridized carbons (Fsp3) is 0.533. The van der Waals surface area contributed by atoms with Gasteiger partial charge in [0.2, 0.25) is 0 Å². The van der Waals surface area contributed by atoms with Crippen molar-refractivity contribution in [2.75, 3.05) is 0 Å². The van der Waals surface area contributed by atoms with E-state index in [0.717, 1.165) is 32.0 Å². The van der Waals surface area contributed by atoms with Gasteiger partial charge < -0.3 is 9.88 Å². The van der Waals surface area contributed by atoms with Crippen LogP contribution in [0.25, 0.3) is 0 Å². The van der Waals surface area contributed by atoms with Crippen molar-refractivity contribution in [2.45, 2.75) is 51.7 Å². The van der Waals surface area contributed by atoms with Gasteiger partial charge in [0.05, 0.1) is 6.54 Å². The number of aryl methyl sites for hydroxylation is 1. The summed E-state index contributed by atoms with van der Waals surface area (Å²) in [6.45, 7) is 4.19. The van der Waals surface area contributed by atoms with E-state index in [2.05, 4.69) is 40.1 Å². The van der Waals surface area contributed by atoms with E-state index in [1.165, 1.54) is 28.4 Å². The second-order valence-corrected chi connectivity index (χ2v) is 6.50. The standard InChI is InChI=1S/C15H21N3S/c1-2-3-15-16-8-9-18(15)11-14-7-6-13(19-14)10-17-12-4-5-12/h6-9,12,17H,2-5,10-11H2,1H3. The van der Waals surface area contributed by atoms with Gasteiger partial charge in [-0.05, 0) is 31.4 Å². The van der Waals surface area contributed by atoms with Crippen molar-refractivity contribution < 1.29 is 0 Å². The molecule has 0 atom stereocenters. The SMILES string of the molecule is CCCc1nccn1Cc1ccc(CNC2CC2)s1. The molecule has 4 heteroatoms. The number of imidazole rings is 1. The number of hydrogen-bond acceptors (Lipinski definition) is 3. The number of thiophene rings is 1. The number of rotatable bonds is 7. The highest BCUT2D eigenvalue weighted by Gasteiger charge is 2.20. The molecule has 0 aliphatic heterocycles. The van der Waals surface area contributed by atoms with Crippen LogP contribution in [0, 0.1) is 0 Å². The van der Waals surface area contributed by atoms with Crippen LogP contribution in [-0.4, -0.2) is 15.6 Å². The molecule has 2 aromatic rings. The minimum Gasteiger partial charge on any atom is -0.330 e. The zero-order chi connectivity index (χ0) is 13.1. The lowest BCUT2D eigenvalue weighted by Crippen LogP contribution is -2.14. The average molecular weight is 275 g/mol. The molecular formula is C15H21N3S. The predicted octanol–water partition coefficient (Wildman–Crippen LogP) is 3.20. The predicted molar refractivity (Wildman–Crippen MR) is 79.5 cm³/mol. The summed E-state index contributed by atoms with van der Waals surface area (Å²) >= 11 is 1.92. The topological polar surface area (TPSA) is 29.9 Å². The van der Waals surface area contributed by atoms with E-state index in [0.29, 0.717) is 0 Å². The zero-order valence-electron chi connectivity index (χ0n) is 11.4. The molecule has 19 heavy (non-hydrogen) atoms. The van der Waals surface area contributed by atoms with Gasteiger partial charge in [-0.3, -0.25) is 0 Å². The van der Waals surface area contributed by atoms with Gasteiger partial charge in [-0.25, -0.2) is 4.98 Å². The number of aromatic nitrogens is 2. The minimum atomic E-state index is 0.787. The minimum absolute atomic E-state index is 0.787. The Bertz CT molecular complexity index is 525. The third-order valence-electron chi connectivity index (χ3n) is 3.46. The molecular weight excluding hydrogens is 254 g/mol. The van der Waals surface area contributed by atoms with E-state index < -0.39 is 0 Å². The van der Waals surface area contributed by atoms with Gasteiger partial charge in [-0.1, -0.05) is 6.92 Å². The van der Waals surface area contributed by atoms with Gasteiger partial charge in [0.25, 0.3) is 0 Å². The van der Waals surface area contributed by atoms with Gasteiger partial charge in [0.15, 0.2) is 0 Å². The Morgan fingerprint density at radius 3 is 3.00 bits per heavy atom. The Balaban J connectivity index is 1.60. The highest BCUT2D eigenvalue weighted by atomic mass is 32.1. The molecule has 0 bridgehead atoms. The van der Waals surface area contributed by atoms with Crippen LogP contribution in [0.2, 0.25) is 0 Å². The molecule has 0 aromatic carbocycles. The van der Waals surface area contributed by atoms with E-state index in [4.69, 9.17) is 0 Å². The van der Waals surface area contributed by atoms with E-state index in [1.54, 1.807) is 0 Å². The molecule has 2 heterocycles. The highest BCUT2D eigenvalue weighted by Crippen LogP contribution is 2.22. The Morgan fingerprint density at radius 2 is 2.21 bits per heavy atom. The van der Waals surface area contributed by atoms with E-state index in [9.17, 15) is 0 Å². The molecule has 102 valence electrons. The number of nitrogens with zero attached hydrogens (tertiary/aromatic N) is 2.